The topological polar surface area (TPSA) is 59.5 Å². The molecular formula is C15H18N2O2. The van der Waals surface area contributed by atoms with Crippen LogP contribution >= 0.6 is 0 Å². The van der Waals surface area contributed by atoms with Crippen LogP contribution < -0.4 is 5.73 Å². The minimum atomic E-state index is -0.123. The summed E-state index contributed by atoms with van der Waals surface area (Å²) in [4.78, 5) is 13.8. The summed E-state index contributed by atoms with van der Waals surface area (Å²) < 4.78 is 5.46. The van der Waals surface area contributed by atoms with Gasteiger partial charge in [-0.05, 0) is 29.8 Å². The quantitative estimate of drug-likeness (QED) is 0.858. The Bertz CT molecular complexity index is 575. The van der Waals surface area contributed by atoms with E-state index < -0.39 is 0 Å². The van der Waals surface area contributed by atoms with Gasteiger partial charge >= 0.3 is 0 Å². The van der Waals surface area contributed by atoms with Crippen LogP contribution in [0.4, 0.5) is 5.69 Å². The van der Waals surface area contributed by atoms with Crippen molar-refractivity contribution in [2.24, 2.45) is 0 Å². The van der Waals surface area contributed by atoms with Crippen LogP contribution in [-0.4, -0.2) is 17.9 Å². The van der Waals surface area contributed by atoms with E-state index in [1.807, 2.05) is 37.3 Å². The molecule has 0 fully saturated rings. The molecule has 0 radical (unpaired) electrons. The van der Waals surface area contributed by atoms with Crippen molar-refractivity contribution in [3.8, 4) is 0 Å². The fourth-order valence-corrected chi connectivity index (χ4v) is 1.91. The number of carbonyl (C=O) groups excluding carboxylic acids is 1. The number of nitrogens with zero attached hydrogens (tertiary/aromatic N) is 1. The molecule has 1 aromatic heterocycles. The first-order chi connectivity index (χ1) is 9.10. The third kappa shape index (κ3) is 3.16. The zero-order valence-electron chi connectivity index (χ0n) is 11.2. The van der Waals surface area contributed by atoms with E-state index in [0.29, 0.717) is 18.0 Å². The first kappa shape index (κ1) is 13.2. The van der Waals surface area contributed by atoms with Gasteiger partial charge in [0.25, 0.3) is 5.91 Å². The number of aryl methyl sites for hydroxylation is 1. The Morgan fingerprint density at radius 1 is 1.32 bits per heavy atom. The number of nitrogens with two attached hydrogens (primary N) is 1. The van der Waals surface area contributed by atoms with Gasteiger partial charge in [0.1, 0.15) is 5.76 Å². The van der Waals surface area contributed by atoms with Crippen molar-refractivity contribution in [3.05, 3.63) is 53.5 Å². The molecule has 0 spiro atoms. The van der Waals surface area contributed by atoms with Crippen molar-refractivity contribution in [1.82, 2.24) is 4.90 Å². The number of carbonyl (C=O) groups is 1. The third-order valence-corrected chi connectivity index (χ3v) is 2.94. The van der Waals surface area contributed by atoms with Gasteiger partial charge in [0.2, 0.25) is 0 Å². The first-order valence-corrected chi connectivity index (χ1v) is 6.28. The molecular weight excluding hydrogens is 240 g/mol. The van der Waals surface area contributed by atoms with Gasteiger partial charge < -0.3 is 15.1 Å². The Balaban J connectivity index is 2.07. The van der Waals surface area contributed by atoms with Crippen molar-refractivity contribution in [2.45, 2.75) is 19.9 Å². The van der Waals surface area contributed by atoms with Gasteiger partial charge in [-0.1, -0.05) is 19.1 Å². The summed E-state index contributed by atoms with van der Waals surface area (Å²) in [6.45, 7) is 2.50. The molecule has 1 heterocycles. The maximum atomic E-state index is 12.2. The average molecular weight is 258 g/mol. The predicted molar refractivity (Wildman–Crippen MR) is 74.7 cm³/mol. The van der Waals surface area contributed by atoms with Gasteiger partial charge in [0, 0.05) is 25.7 Å². The molecule has 0 bridgehead atoms. The minimum absolute atomic E-state index is 0.123. The van der Waals surface area contributed by atoms with Crippen molar-refractivity contribution < 1.29 is 9.21 Å². The van der Waals surface area contributed by atoms with E-state index in [9.17, 15) is 4.79 Å². The van der Waals surface area contributed by atoms with Crippen molar-refractivity contribution in [2.75, 3.05) is 12.8 Å². The largest absolute Gasteiger partial charge is 0.456 e. The Hall–Kier alpha value is -2.23. The second kappa shape index (κ2) is 5.61. The summed E-state index contributed by atoms with van der Waals surface area (Å²) in [5, 5.41) is 0. The predicted octanol–water partition coefficient (Wildman–Crippen LogP) is 2.70. The molecule has 4 nitrogen and oxygen atoms in total. The highest BCUT2D eigenvalue weighted by molar-refractivity contribution is 5.91. The molecule has 19 heavy (non-hydrogen) atoms. The Morgan fingerprint density at radius 2 is 2.11 bits per heavy atom. The molecule has 2 N–H and O–H groups in total. The lowest BCUT2D eigenvalue weighted by atomic mass is 10.2. The zero-order chi connectivity index (χ0) is 13.8. The van der Waals surface area contributed by atoms with Gasteiger partial charge in [-0.25, -0.2) is 0 Å². The monoisotopic (exact) mass is 258 g/mol. The lowest BCUT2D eigenvalue weighted by Crippen LogP contribution is -2.25. The van der Waals surface area contributed by atoms with Gasteiger partial charge in [-0.15, -0.1) is 0 Å². The summed E-state index contributed by atoms with van der Waals surface area (Å²) in [6.07, 6.45) is 0.784. The number of hydrogen-bond acceptors (Lipinski definition) is 3. The standard InChI is InChI=1S/C15H18N2O2/c1-3-13-7-8-14(19-13)15(18)17(2)10-11-5-4-6-12(16)9-11/h4-9H,3,10,16H2,1-2H3. The van der Waals surface area contributed by atoms with E-state index in [2.05, 4.69) is 0 Å². The highest BCUT2D eigenvalue weighted by Crippen LogP contribution is 2.13. The van der Waals surface area contributed by atoms with Crippen molar-refractivity contribution in [3.63, 3.8) is 0 Å². The van der Waals surface area contributed by atoms with E-state index in [4.69, 9.17) is 10.2 Å². The van der Waals surface area contributed by atoms with Crippen LogP contribution in [0, 0.1) is 0 Å². The van der Waals surface area contributed by atoms with Crippen LogP contribution in [0.15, 0.2) is 40.8 Å². The maximum absolute atomic E-state index is 12.2. The van der Waals surface area contributed by atoms with Crippen molar-refractivity contribution >= 4 is 11.6 Å². The third-order valence-electron chi connectivity index (χ3n) is 2.94. The number of furan rings is 1. The van der Waals surface area contributed by atoms with Crippen LogP contribution in [0.1, 0.15) is 28.8 Å². The molecule has 1 amide bonds. The molecule has 0 aliphatic heterocycles. The highest BCUT2D eigenvalue weighted by atomic mass is 16.4. The minimum Gasteiger partial charge on any atom is -0.456 e. The Kier molecular flexibility index (Phi) is 3.90. The number of benzene rings is 1. The number of amides is 1. The first-order valence-electron chi connectivity index (χ1n) is 6.28. The number of hydrogen-bond donors (Lipinski definition) is 1. The van der Waals surface area contributed by atoms with E-state index >= 15 is 0 Å². The number of nitrogen functional groups attached to an aromatic ring is 1. The summed E-state index contributed by atoms with van der Waals surface area (Å²) >= 11 is 0. The van der Waals surface area contributed by atoms with Gasteiger partial charge in [0.15, 0.2) is 5.76 Å². The Morgan fingerprint density at radius 3 is 2.74 bits per heavy atom. The molecule has 0 aliphatic carbocycles. The van der Waals surface area contributed by atoms with E-state index in [-0.39, 0.29) is 5.91 Å². The van der Waals surface area contributed by atoms with E-state index in [1.165, 1.54) is 0 Å². The van der Waals surface area contributed by atoms with Crippen molar-refractivity contribution in [1.29, 1.82) is 0 Å². The van der Waals surface area contributed by atoms with Gasteiger partial charge in [0.05, 0.1) is 0 Å². The highest BCUT2D eigenvalue weighted by Gasteiger charge is 2.15. The molecule has 100 valence electrons. The molecule has 0 saturated carbocycles. The van der Waals surface area contributed by atoms with Crippen LogP contribution in [-0.2, 0) is 13.0 Å². The summed E-state index contributed by atoms with van der Waals surface area (Å²) in [7, 11) is 1.75. The zero-order valence-corrected chi connectivity index (χ0v) is 11.2. The fourth-order valence-electron chi connectivity index (χ4n) is 1.91. The van der Waals surface area contributed by atoms with E-state index in [0.717, 1.165) is 17.7 Å². The van der Waals surface area contributed by atoms with Crippen LogP contribution in [0.2, 0.25) is 0 Å². The summed E-state index contributed by atoms with van der Waals surface area (Å²) in [5.41, 5.74) is 7.42. The SMILES string of the molecule is CCc1ccc(C(=O)N(C)Cc2cccc(N)c2)o1. The van der Waals surface area contributed by atoms with Crippen LogP contribution in [0.3, 0.4) is 0 Å². The molecule has 0 aliphatic rings. The normalized spacial score (nSPS) is 10.4. The fraction of sp³-hybridized carbons (Fsp3) is 0.267. The summed E-state index contributed by atoms with van der Waals surface area (Å²) in [6, 6.07) is 11.1. The lowest BCUT2D eigenvalue weighted by molar-refractivity contribution is 0.0751. The lowest BCUT2D eigenvalue weighted by Gasteiger charge is -2.16. The Labute approximate surface area is 112 Å². The van der Waals surface area contributed by atoms with E-state index in [1.54, 1.807) is 18.0 Å². The summed E-state index contributed by atoms with van der Waals surface area (Å²) in [5.74, 6) is 1.08. The second-order valence-electron chi connectivity index (χ2n) is 4.53. The van der Waals surface area contributed by atoms with Crippen LogP contribution in [0.25, 0.3) is 0 Å². The molecule has 2 rings (SSSR count). The molecule has 0 atom stereocenters. The van der Waals surface area contributed by atoms with Gasteiger partial charge in [-0.3, -0.25) is 4.79 Å². The van der Waals surface area contributed by atoms with Crippen LogP contribution in [0.5, 0.6) is 0 Å². The molecule has 4 heteroatoms. The second-order valence-corrected chi connectivity index (χ2v) is 4.53. The van der Waals surface area contributed by atoms with Gasteiger partial charge in [-0.2, -0.15) is 0 Å². The number of anilines is 1. The average Bonchev–Trinajstić information content (AvgIpc) is 2.86. The maximum Gasteiger partial charge on any atom is 0.289 e. The molecule has 0 saturated heterocycles. The smallest absolute Gasteiger partial charge is 0.289 e. The molecule has 0 unspecified atom stereocenters. The molecule has 2 aromatic rings. The molecule has 1 aromatic carbocycles. The number of rotatable bonds is 4.